The van der Waals surface area contributed by atoms with Crippen molar-refractivity contribution in [2.75, 3.05) is 5.88 Å². The summed E-state index contributed by atoms with van der Waals surface area (Å²) in [6.45, 7) is 0. The normalized spacial score (nSPS) is 13.3. The van der Waals surface area contributed by atoms with Crippen LogP contribution >= 0.6 is 23.2 Å². The Hall–Kier alpha value is -0.970. The van der Waals surface area contributed by atoms with Crippen molar-refractivity contribution >= 4 is 28.8 Å². The second kappa shape index (κ2) is 6.50. The van der Waals surface area contributed by atoms with E-state index in [4.69, 9.17) is 28.5 Å². The topological polar surface area (TPSA) is 23.8 Å². The molecule has 1 nitrogen and oxygen atoms in total. The average molecular weight is 240 g/mol. The Labute approximate surface area is 99.9 Å². The summed E-state index contributed by atoms with van der Waals surface area (Å²) in [6, 6.07) is 11.8. The monoisotopic (exact) mass is 239 g/mol. The van der Waals surface area contributed by atoms with Crippen LogP contribution < -0.4 is 0 Å². The van der Waals surface area contributed by atoms with Crippen LogP contribution in [-0.4, -0.2) is 11.3 Å². The molecule has 0 aromatic heterocycles. The van der Waals surface area contributed by atoms with Gasteiger partial charge in [-0.05, 0) is 11.1 Å². The summed E-state index contributed by atoms with van der Waals surface area (Å²) in [5.74, 6) is 0.430. The molecule has 0 spiro atoms. The number of hydrogen-bond donors (Lipinski definition) is 0. The molecule has 15 heavy (non-hydrogen) atoms. The fourth-order valence-corrected chi connectivity index (χ4v) is 1.66. The van der Waals surface area contributed by atoms with Crippen LogP contribution in [-0.2, 0) is 0 Å². The van der Waals surface area contributed by atoms with Crippen molar-refractivity contribution in [1.82, 2.24) is 0 Å². The van der Waals surface area contributed by atoms with Gasteiger partial charge in [0.2, 0.25) is 0 Å². The van der Waals surface area contributed by atoms with Crippen molar-refractivity contribution in [1.29, 1.82) is 5.26 Å². The van der Waals surface area contributed by atoms with Crippen LogP contribution in [0, 0.1) is 11.3 Å². The van der Waals surface area contributed by atoms with Gasteiger partial charge in [-0.1, -0.05) is 36.4 Å². The van der Waals surface area contributed by atoms with Gasteiger partial charge < -0.3 is 0 Å². The molecule has 0 fully saturated rings. The maximum atomic E-state index is 8.66. The highest BCUT2D eigenvalue weighted by Gasteiger charge is 2.07. The molecule has 1 unspecified atom stereocenters. The molecule has 0 aliphatic heterocycles. The minimum absolute atomic E-state index is 0.430. The summed E-state index contributed by atoms with van der Waals surface area (Å²) in [4.78, 5) is 0. The highest BCUT2D eigenvalue weighted by Crippen LogP contribution is 2.21. The van der Waals surface area contributed by atoms with Gasteiger partial charge in [0.25, 0.3) is 0 Å². The zero-order valence-corrected chi connectivity index (χ0v) is 9.67. The number of nitriles is 1. The van der Waals surface area contributed by atoms with Crippen molar-refractivity contribution < 1.29 is 0 Å². The maximum absolute atomic E-state index is 8.66. The van der Waals surface area contributed by atoms with Gasteiger partial charge in [0, 0.05) is 12.3 Å². The van der Waals surface area contributed by atoms with Gasteiger partial charge in [0.05, 0.1) is 6.07 Å². The zero-order chi connectivity index (χ0) is 11.1. The minimum Gasteiger partial charge on any atom is -0.197 e. The largest absolute Gasteiger partial charge is 0.197 e. The van der Waals surface area contributed by atoms with Crippen LogP contribution in [0.3, 0.4) is 0 Å². The molecule has 78 valence electrons. The smallest absolute Gasteiger partial charge is 0.124 e. The van der Waals surface area contributed by atoms with Crippen molar-refractivity contribution in [2.24, 2.45) is 0 Å². The van der Waals surface area contributed by atoms with E-state index < -0.39 is 5.38 Å². The molecule has 0 aliphatic rings. The Kier molecular flexibility index (Phi) is 5.25. The molecule has 0 radical (unpaired) electrons. The van der Waals surface area contributed by atoms with E-state index in [1.165, 1.54) is 0 Å². The first kappa shape index (κ1) is 12.1. The Bertz CT molecular complexity index is 365. The third-order valence-electron chi connectivity index (χ3n) is 2.01. The van der Waals surface area contributed by atoms with Crippen molar-refractivity contribution in [3.63, 3.8) is 0 Å². The fourth-order valence-electron chi connectivity index (χ4n) is 1.30. The molecule has 1 aromatic carbocycles. The number of benzene rings is 1. The predicted molar refractivity (Wildman–Crippen MR) is 65.0 cm³/mol. The van der Waals surface area contributed by atoms with Crippen LogP contribution in [0.2, 0.25) is 0 Å². The molecule has 0 saturated heterocycles. The molecule has 0 heterocycles. The van der Waals surface area contributed by atoms with Gasteiger partial charge in [-0.2, -0.15) is 5.26 Å². The molecule has 1 atom stereocenters. The van der Waals surface area contributed by atoms with Crippen LogP contribution in [0.1, 0.15) is 12.0 Å². The predicted octanol–water partition coefficient (Wildman–Crippen LogP) is 3.83. The Morgan fingerprint density at radius 2 is 2.07 bits per heavy atom. The molecule has 1 rings (SSSR count). The molecule has 1 aromatic rings. The SMILES string of the molecule is N#CC(Cl)C/C(=C/CCl)c1ccccc1. The third-order valence-corrected chi connectivity index (χ3v) is 2.41. The second-order valence-corrected chi connectivity index (χ2v) is 3.89. The summed E-state index contributed by atoms with van der Waals surface area (Å²) in [5, 5.41) is 8.16. The molecule has 0 aliphatic carbocycles. The van der Waals surface area contributed by atoms with Crippen molar-refractivity contribution in [3.8, 4) is 6.07 Å². The minimum atomic E-state index is -0.500. The van der Waals surface area contributed by atoms with Crippen molar-refractivity contribution in [3.05, 3.63) is 42.0 Å². The highest BCUT2D eigenvalue weighted by atomic mass is 35.5. The Balaban J connectivity index is 2.86. The lowest BCUT2D eigenvalue weighted by Crippen LogP contribution is -1.96. The summed E-state index contributed by atoms with van der Waals surface area (Å²) in [7, 11) is 0. The van der Waals surface area contributed by atoms with E-state index >= 15 is 0 Å². The number of alkyl halides is 2. The van der Waals surface area contributed by atoms with E-state index in [9.17, 15) is 0 Å². The standard InChI is InChI=1S/C12H11Cl2N/c13-7-6-11(8-12(14)9-15)10-4-2-1-3-5-10/h1-6,12H,7-8H2/b11-6-. The quantitative estimate of drug-likeness (QED) is 0.733. The summed E-state index contributed by atoms with van der Waals surface area (Å²) in [6.07, 6.45) is 2.42. The van der Waals surface area contributed by atoms with Gasteiger partial charge in [0.15, 0.2) is 0 Å². The molecule has 3 heteroatoms. The summed E-state index contributed by atoms with van der Waals surface area (Å²) < 4.78 is 0. The molecule has 0 N–H and O–H groups in total. The Morgan fingerprint density at radius 3 is 2.60 bits per heavy atom. The molecule has 0 saturated carbocycles. The fraction of sp³-hybridized carbons (Fsp3) is 0.250. The first-order valence-corrected chi connectivity index (χ1v) is 5.59. The summed E-state index contributed by atoms with van der Waals surface area (Å²) >= 11 is 11.5. The van der Waals surface area contributed by atoms with Crippen LogP contribution in [0.4, 0.5) is 0 Å². The molecular weight excluding hydrogens is 229 g/mol. The van der Waals surface area contributed by atoms with E-state index in [0.29, 0.717) is 12.3 Å². The molecule has 0 bridgehead atoms. The van der Waals surface area contributed by atoms with Gasteiger partial charge in [-0.3, -0.25) is 0 Å². The van der Waals surface area contributed by atoms with Gasteiger partial charge in [-0.15, -0.1) is 23.2 Å². The average Bonchev–Trinajstić information content (AvgIpc) is 2.29. The molecule has 0 amide bonds. The number of halogens is 2. The maximum Gasteiger partial charge on any atom is 0.124 e. The van der Waals surface area contributed by atoms with E-state index in [2.05, 4.69) is 0 Å². The first-order chi connectivity index (χ1) is 7.27. The highest BCUT2D eigenvalue weighted by molar-refractivity contribution is 6.23. The lowest BCUT2D eigenvalue weighted by molar-refractivity contribution is 1.08. The van der Waals surface area contributed by atoms with Crippen LogP contribution in [0.5, 0.6) is 0 Å². The number of hydrogen-bond acceptors (Lipinski definition) is 1. The zero-order valence-electron chi connectivity index (χ0n) is 8.16. The van der Waals surface area contributed by atoms with Crippen LogP contribution in [0.25, 0.3) is 5.57 Å². The second-order valence-electron chi connectivity index (χ2n) is 3.05. The van der Waals surface area contributed by atoms with Crippen molar-refractivity contribution in [2.45, 2.75) is 11.8 Å². The lowest BCUT2D eigenvalue weighted by Gasteiger charge is -2.07. The Morgan fingerprint density at radius 1 is 1.40 bits per heavy atom. The van der Waals surface area contributed by atoms with Crippen LogP contribution in [0.15, 0.2) is 36.4 Å². The van der Waals surface area contributed by atoms with Gasteiger partial charge in [0.1, 0.15) is 5.38 Å². The summed E-state index contributed by atoms with van der Waals surface area (Å²) in [5.41, 5.74) is 2.09. The third kappa shape index (κ3) is 3.95. The van der Waals surface area contributed by atoms with Gasteiger partial charge >= 0.3 is 0 Å². The van der Waals surface area contributed by atoms with Gasteiger partial charge in [-0.25, -0.2) is 0 Å². The number of rotatable bonds is 4. The molecular formula is C12H11Cl2N. The number of nitrogens with zero attached hydrogens (tertiary/aromatic N) is 1. The first-order valence-electron chi connectivity index (χ1n) is 4.62. The van der Waals surface area contributed by atoms with E-state index in [1.54, 1.807) is 0 Å². The van der Waals surface area contributed by atoms with E-state index in [-0.39, 0.29) is 0 Å². The van der Waals surface area contributed by atoms with E-state index in [1.807, 2.05) is 42.5 Å². The van der Waals surface area contributed by atoms with E-state index in [0.717, 1.165) is 11.1 Å². The number of allylic oxidation sites excluding steroid dienone is 2. The lowest BCUT2D eigenvalue weighted by atomic mass is 10.0.